The largest absolute Gasteiger partial charge is 0.322 e. The summed E-state index contributed by atoms with van der Waals surface area (Å²) in [4.78, 5) is 32.7. The number of alkyl halides is 4. The zero-order valence-corrected chi connectivity index (χ0v) is 30.7. The number of hydrogen-bond acceptors (Lipinski definition) is 4. The zero-order chi connectivity index (χ0) is 37.8. The molecule has 4 aromatic rings. The maximum absolute atomic E-state index is 13.2. The van der Waals surface area contributed by atoms with Crippen LogP contribution >= 0.6 is 0 Å². The fourth-order valence-electron chi connectivity index (χ4n) is 8.20. The lowest BCUT2D eigenvalue weighted by atomic mass is 9.85. The van der Waals surface area contributed by atoms with Crippen molar-refractivity contribution in [1.29, 1.82) is 0 Å². The van der Waals surface area contributed by atoms with Gasteiger partial charge >= 0.3 is 0 Å². The first-order valence-corrected chi connectivity index (χ1v) is 18.1. The first kappa shape index (κ1) is 38.6. The Balaban J connectivity index is 0.000000201. The van der Waals surface area contributed by atoms with Gasteiger partial charge in [0.15, 0.2) is 0 Å². The molecule has 2 aromatic heterocycles. The number of pyridine rings is 2. The van der Waals surface area contributed by atoms with Gasteiger partial charge in [-0.15, -0.1) is 0 Å². The van der Waals surface area contributed by atoms with Gasteiger partial charge in [0.2, 0.25) is 0 Å². The Morgan fingerprint density at radius 3 is 1.38 bits per heavy atom. The van der Waals surface area contributed by atoms with E-state index < -0.39 is 36.1 Å². The molecule has 2 amide bonds. The van der Waals surface area contributed by atoms with Gasteiger partial charge in [-0.3, -0.25) is 19.6 Å². The van der Waals surface area contributed by atoms with E-state index in [-0.39, 0.29) is 22.0 Å². The second-order valence-electron chi connectivity index (χ2n) is 15.1. The molecule has 0 saturated carbocycles. The summed E-state index contributed by atoms with van der Waals surface area (Å²) in [5.41, 5.74) is 5.16. The average Bonchev–Trinajstić information content (AvgIpc) is 3.53. The van der Waals surface area contributed by atoms with Gasteiger partial charge in [-0.2, -0.15) is 0 Å². The quantitative estimate of drug-likeness (QED) is 0.160. The van der Waals surface area contributed by atoms with Gasteiger partial charge in [-0.1, -0.05) is 78.6 Å². The first-order chi connectivity index (χ1) is 24.7. The molecule has 2 unspecified atom stereocenters. The van der Waals surface area contributed by atoms with Crippen LogP contribution in [0.5, 0.6) is 0 Å². The molecular weight excluding hydrogens is 668 g/mol. The number of aromatic nitrogens is 2. The van der Waals surface area contributed by atoms with Gasteiger partial charge in [0.05, 0.1) is 11.1 Å². The monoisotopic (exact) mass is 716 g/mol. The second kappa shape index (κ2) is 16.0. The molecule has 52 heavy (non-hydrogen) atoms. The number of anilines is 2. The molecule has 2 heterocycles. The van der Waals surface area contributed by atoms with Crippen LogP contribution in [0.25, 0.3) is 0 Å². The highest BCUT2D eigenvalue weighted by molar-refractivity contribution is 6.06. The van der Waals surface area contributed by atoms with Gasteiger partial charge < -0.3 is 10.6 Å². The molecule has 0 saturated heterocycles. The van der Waals surface area contributed by atoms with Crippen molar-refractivity contribution in [3.63, 3.8) is 0 Å². The van der Waals surface area contributed by atoms with Crippen LogP contribution in [0.15, 0.2) is 73.1 Å². The fourth-order valence-corrected chi connectivity index (χ4v) is 8.20. The molecule has 6 rings (SSSR count). The molecular formula is C42H48F4N4O2. The summed E-state index contributed by atoms with van der Waals surface area (Å²) in [6, 6.07) is 17.5. The van der Waals surface area contributed by atoms with Crippen LogP contribution in [0.2, 0.25) is 0 Å². The van der Waals surface area contributed by atoms with Gasteiger partial charge in [0.25, 0.3) is 24.7 Å². The number of halogens is 4. The third kappa shape index (κ3) is 8.06. The van der Waals surface area contributed by atoms with E-state index in [1.54, 1.807) is 0 Å². The Bertz CT molecular complexity index is 1770. The molecule has 2 aliphatic rings. The van der Waals surface area contributed by atoms with E-state index in [9.17, 15) is 27.2 Å². The van der Waals surface area contributed by atoms with Crippen molar-refractivity contribution in [3.8, 4) is 0 Å². The molecule has 0 bridgehead atoms. The minimum Gasteiger partial charge on any atom is -0.322 e. The third-order valence-corrected chi connectivity index (χ3v) is 10.4. The molecule has 0 radical (unpaired) electrons. The molecule has 10 heteroatoms. The van der Waals surface area contributed by atoms with E-state index in [1.165, 1.54) is 47.8 Å². The highest BCUT2D eigenvalue weighted by Gasteiger charge is 2.39. The van der Waals surface area contributed by atoms with E-state index in [2.05, 4.69) is 74.3 Å². The molecule has 6 nitrogen and oxygen atoms in total. The SMILES string of the molecule is CCCC1CC(C)(C)c2cccc(NC(=O)c3cccnc3C(F)F)c21.CCCC1CC(C)(C)c2cccc(NC(=O)c3cccnc3C(F)F)c21. The minimum absolute atomic E-state index is 0.0400. The topological polar surface area (TPSA) is 84.0 Å². The van der Waals surface area contributed by atoms with Gasteiger partial charge in [0.1, 0.15) is 11.4 Å². The Hall–Kier alpha value is -4.60. The number of nitrogens with one attached hydrogen (secondary N) is 2. The molecule has 0 fully saturated rings. The van der Waals surface area contributed by atoms with Crippen LogP contribution in [-0.2, 0) is 10.8 Å². The molecule has 2 N–H and O–H groups in total. The standard InChI is InChI=1S/2C21H24F2N2O/c2*1-4-7-13-12-21(2,3)15-9-5-10-16(17(13)15)25-20(26)14-8-6-11-24-18(14)19(22)23/h2*5-6,8-11,13,19H,4,7,12H2,1-3H3,(H,25,26). The van der Waals surface area contributed by atoms with Crippen LogP contribution in [0, 0.1) is 0 Å². The van der Waals surface area contributed by atoms with Crippen LogP contribution in [-0.4, -0.2) is 21.8 Å². The number of nitrogens with zero attached hydrogens (tertiary/aromatic N) is 2. The van der Waals surface area contributed by atoms with Crippen LogP contribution in [0.4, 0.5) is 28.9 Å². The van der Waals surface area contributed by atoms with Gasteiger partial charge in [-0.25, -0.2) is 17.6 Å². The summed E-state index contributed by atoms with van der Waals surface area (Å²) >= 11 is 0. The number of amides is 2. The smallest absolute Gasteiger partial charge is 0.281 e. The second-order valence-corrected chi connectivity index (χ2v) is 15.1. The molecule has 2 aliphatic carbocycles. The Kier molecular flexibility index (Phi) is 11.9. The van der Waals surface area contributed by atoms with E-state index >= 15 is 0 Å². The molecule has 2 atom stereocenters. The van der Waals surface area contributed by atoms with Crippen molar-refractivity contribution in [1.82, 2.24) is 9.97 Å². The number of carbonyl (C=O) groups excluding carboxylic acids is 2. The molecule has 276 valence electrons. The summed E-state index contributed by atoms with van der Waals surface area (Å²) < 4.78 is 52.7. The number of benzene rings is 2. The van der Waals surface area contributed by atoms with Crippen molar-refractivity contribution in [2.45, 2.75) is 116 Å². The lowest BCUT2D eigenvalue weighted by Gasteiger charge is -2.19. The normalized spacial score (nSPS) is 18.0. The Morgan fingerprint density at radius 2 is 1.04 bits per heavy atom. The molecule has 0 aliphatic heterocycles. The summed E-state index contributed by atoms with van der Waals surface area (Å²) in [6.45, 7) is 13.1. The van der Waals surface area contributed by atoms with Crippen LogP contribution in [0.1, 0.15) is 159 Å². The average molecular weight is 717 g/mol. The highest BCUT2D eigenvalue weighted by atomic mass is 19.3. The van der Waals surface area contributed by atoms with Crippen LogP contribution in [0.3, 0.4) is 0 Å². The minimum atomic E-state index is -2.79. The lowest BCUT2D eigenvalue weighted by molar-refractivity contribution is 0.0999. The number of hydrogen-bond donors (Lipinski definition) is 2. The summed E-state index contributed by atoms with van der Waals surface area (Å²) in [5.74, 6) is -0.349. The van der Waals surface area contributed by atoms with Crippen molar-refractivity contribution in [2.75, 3.05) is 10.6 Å². The predicted molar refractivity (Wildman–Crippen MR) is 198 cm³/mol. The maximum atomic E-state index is 13.2. The van der Waals surface area contributed by atoms with E-state index in [0.29, 0.717) is 11.8 Å². The van der Waals surface area contributed by atoms with Gasteiger partial charge in [-0.05, 0) is 107 Å². The van der Waals surface area contributed by atoms with Crippen molar-refractivity contribution in [2.24, 2.45) is 0 Å². The highest BCUT2D eigenvalue weighted by Crippen LogP contribution is 2.51. The van der Waals surface area contributed by atoms with E-state index in [4.69, 9.17) is 0 Å². The molecule has 0 spiro atoms. The number of carbonyl (C=O) groups is 2. The van der Waals surface area contributed by atoms with Crippen LogP contribution < -0.4 is 10.6 Å². The molecule has 2 aromatic carbocycles. The number of fused-ring (bicyclic) bond motifs is 2. The van der Waals surface area contributed by atoms with Gasteiger partial charge in [0, 0.05) is 23.8 Å². The van der Waals surface area contributed by atoms with Crippen molar-refractivity contribution < 1.29 is 27.2 Å². The third-order valence-electron chi connectivity index (χ3n) is 10.4. The number of rotatable bonds is 10. The predicted octanol–water partition coefficient (Wildman–Crippen LogP) is 11.7. The maximum Gasteiger partial charge on any atom is 0.281 e. The fraction of sp³-hybridized carbons (Fsp3) is 0.429. The zero-order valence-electron chi connectivity index (χ0n) is 30.7. The summed E-state index contributed by atoms with van der Waals surface area (Å²) in [7, 11) is 0. The lowest BCUT2D eigenvalue weighted by Crippen LogP contribution is -2.17. The summed E-state index contributed by atoms with van der Waals surface area (Å²) in [6.07, 6.45) is 3.22. The Morgan fingerprint density at radius 1 is 0.654 bits per heavy atom. The summed E-state index contributed by atoms with van der Waals surface area (Å²) in [5, 5.41) is 5.74. The van der Waals surface area contributed by atoms with E-state index in [1.807, 2.05) is 24.3 Å². The van der Waals surface area contributed by atoms with Crippen molar-refractivity contribution >= 4 is 23.2 Å². The first-order valence-electron chi connectivity index (χ1n) is 18.1. The Labute approximate surface area is 303 Å². The van der Waals surface area contributed by atoms with Crippen molar-refractivity contribution in [3.05, 3.63) is 118 Å². The van der Waals surface area contributed by atoms with E-state index in [0.717, 1.165) is 61.0 Å².